The van der Waals surface area contributed by atoms with Gasteiger partial charge in [-0.1, -0.05) is 0 Å². The number of nitrogens with two attached hydrogens (primary N) is 2. The molecule has 2 saturated heterocycles. The lowest BCUT2D eigenvalue weighted by molar-refractivity contribution is -0.348. The molecular weight excluding hydrogens is 316 g/mol. The monoisotopic (exact) mass is 340 g/mol. The molecule has 0 spiro atoms. The van der Waals surface area contributed by atoms with E-state index in [-0.39, 0.29) is 6.61 Å². The molecule has 2 fully saturated rings. The first-order valence-corrected chi connectivity index (χ1v) is 7.14. The predicted molar refractivity (Wildman–Crippen MR) is 72.7 cm³/mol. The van der Waals surface area contributed by atoms with E-state index in [9.17, 15) is 30.6 Å². The van der Waals surface area contributed by atoms with Crippen LogP contribution in [0.15, 0.2) is 0 Å². The first-order chi connectivity index (χ1) is 10.7. The summed E-state index contributed by atoms with van der Waals surface area (Å²) in [5.41, 5.74) is 6.40. The number of ether oxygens (including phenoxy) is 2. The Kier molecular flexibility index (Phi) is 5.31. The highest BCUT2D eigenvalue weighted by Gasteiger charge is 2.70. The van der Waals surface area contributed by atoms with Gasteiger partial charge in [0.1, 0.15) is 41.7 Å². The van der Waals surface area contributed by atoms with E-state index < -0.39 is 67.2 Å². The molecule has 0 aromatic rings. The fourth-order valence-corrected chi connectivity index (χ4v) is 3.27. The van der Waals surface area contributed by atoms with Gasteiger partial charge in [-0.25, -0.2) is 0 Å². The van der Waals surface area contributed by atoms with E-state index in [0.717, 1.165) is 0 Å². The largest absolute Gasteiger partial charge is 0.394 e. The molecule has 11 nitrogen and oxygen atoms in total. The molecule has 0 aromatic heterocycles. The van der Waals surface area contributed by atoms with Gasteiger partial charge in [0, 0.05) is 0 Å². The molecule has 2 aliphatic rings. The highest BCUT2D eigenvalue weighted by atomic mass is 16.6. The minimum Gasteiger partial charge on any atom is -0.394 e. The quantitative estimate of drug-likeness (QED) is 0.236. The van der Waals surface area contributed by atoms with Crippen LogP contribution in [0, 0.1) is 0 Å². The Hall–Kier alpha value is -0.440. The van der Waals surface area contributed by atoms with Crippen LogP contribution in [0.2, 0.25) is 0 Å². The topological polar surface area (TPSA) is 212 Å². The summed E-state index contributed by atoms with van der Waals surface area (Å²) < 4.78 is 10.1. The second-order valence-corrected chi connectivity index (χ2v) is 6.02. The zero-order valence-corrected chi connectivity index (χ0v) is 12.3. The van der Waals surface area contributed by atoms with Crippen molar-refractivity contribution in [2.75, 3.05) is 19.8 Å². The van der Waals surface area contributed by atoms with Gasteiger partial charge in [0.25, 0.3) is 0 Å². The molecule has 136 valence electrons. The number of aliphatic hydroxyl groups excluding tert-OH is 6. The van der Waals surface area contributed by atoms with Gasteiger partial charge in [-0.15, -0.1) is 0 Å². The lowest BCUT2D eigenvalue weighted by atomic mass is 9.64. The van der Waals surface area contributed by atoms with Crippen molar-refractivity contribution < 1.29 is 45.2 Å². The zero-order valence-electron chi connectivity index (χ0n) is 12.3. The van der Waals surface area contributed by atoms with E-state index in [2.05, 4.69) is 0 Å². The van der Waals surface area contributed by atoms with Crippen molar-refractivity contribution in [2.24, 2.45) is 11.5 Å². The first-order valence-electron chi connectivity index (χ1n) is 7.14. The summed E-state index contributed by atoms with van der Waals surface area (Å²) >= 11 is 0. The molecule has 0 unspecified atom stereocenters. The highest BCUT2D eigenvalue weighted by Crippen LogP contribution is 2.42. The lowest BCUT2D eigenvalue weighted by Gasteiger charge is -2.59. The Morgan fingerprint density at radius 2 is 1.65 bits per heavy atom. The molecule has 0 saturated carbocycles. The van der Waals surface area contributed by atoms with Crippen molar-refractivity contribution in [3.63, 3.8) is 0 Å². The van der Waals surface area contributed by atoms with Gasteiger partial charge < -0.3 is 56.7 Å². The maximum Gasteiger partial charge on any atom is 0.179 e. The van der Waals surface area contributed by atoms with Gasteiger partial charge in [0.05, 0.1) is 25.9 Å². The molecule has 0 aromatic carbocycles. The van der Waals surface area contributed by atoms with Crippen molar-refractivity contribution in [1.29, 1.82) is 0 Å². The van der Waals surface area contributed by atoms with E-state index in [0.29, 0.717) is 0 Å². The van der Waals surface area contributed by atoms with Crippen LogP contribution < -0.4 is 11.5 Å². The van der Waals surface area contributed by atoms with E-state index in [1.165, 1.54) is 0 Å². The van der Waals surface area contributed by atoms with E-state index >= 15 is 0 Å². The molecule has 0 aliphatic carbocycles. The number of hydrogen-bond donors (Lipinski definition) is 9. The summed E-state index contributed by atoms with van der Waals surface area (Å²) in [6.45, 7) is -1.75. The molecule has 0 bridgehead atoms. The summed E-state index contributed by atoms with van der Waals surface area (Å²) in [7, 11) is 0. The molecule has 9 atom stereocenters. The number of rotatable bonds is 3. The third-order valence-electron chi connectivity index (χ3n) is 4.78. The molecule has 0 radical (unpaired) electrons. The molecule has 11 heteroatoms. The van der Waals surface area contributed by atoms with Crippen molar-refractivity contribution in [3.8, 4) is 0 Å². The Balaban J connectivity index is 2.49. The van der Waals surface area contributed by atoms with Crippen LogP contribution in [0.25, 0.3) is 0 Å². The molecule has 23 heavy (non-hydrogen) atoms. The molecular formula is C12H24N2O9. The molecule has 2 aliphatic heterocycles. The zero-order chi connectivity index (χ0) is 17.6. The van der Waals surface area contributed by atoms with Crippen LogP contribution in [0.3, 0.4) is 0 Å². The second kappa shape index (κ2) is 6.46. The first kappa shape index (κ1) is 18.9. The van der Waals surface area contributed by atoms with Gasteiger partial charge in [-0.05, 0) is 0 Å². The number of aliphatic hydroxyl groups is 7. The van der Waals surface area contributed by atoms with Gasteiger partial charge >= 0.3 is 0 Å². The van der Waals surface area contributed by atoms with E-state index in [1.54, 1.807) is 0 Å². The second-order valence-electron chi connectivity index (χ2n) is 6.02. The fourth-order valence-electron chi connectivity index (χ4n) is 3.27. The van der Waals surface area contributed by atoms with Gasteiger partial charge in [-0.3, -0.25) is 0 Å². The predicted octanol–water partition coefficient (Wildman–Crippen LogP) is -6.07. The summed E-state index contributed by atoms with van der Waals surface area (Å²) in [6.07, 6.45) is -10.6. The minimum absolute atomic E-state index is 0.209. The normalized spacial score (nSPS) is 54.9. The SMILES string of the molecule is N[C@@H]1CO[C@H](CO)[C@@](O)([C@]2(N)[C@@H](O)O[C@H](CO)[C@@H](O)[C@@H]2O)[C@@H]1O. The maximum atomic E-state index is 11.0. The standard InChI is InChI=1S/C12H24N2O9/c13-4-3-22-6(2-16)12(21,8(4)18)11(14)9(19)7(17)5(1-15)23-10(11)20/h4-10,15-21H,1-3,13-14H2/t4-,5-,6-,7-,8-,9+,10+,11-,12+/m1/s1. The Morgan fingerprint density at radius 3 is 2.17 bits per heavy atom. The fraction of sp³-hybridized carbons (Fsp3) is 1.00. The van der Waals surface area contributed by atoms with Crippen LogP contribution in [0.4, 0.5) is 0 Å². The third kappa shape index (κ3) is 2.49. The Labute approximate surface area is 131 Å². The summed E-state index contributed by atoms with van der Waals surface area (Å²) in [4.78, 5) is 0. The van der Waals surface area contributed by atoms with Crippen LogP contribution in [0.1, 0.15) is 0 Å². The summed E-state index contributed by atoms with van der Waals surface area (Å²) in [6, 6.07) is -1.13. The molecule has 0 amide bonds. The summed E-state index contributed by atoms with van der Waals surface area (Å²) in [5.74, 6) is 0. The van der Waals surface area contributed by atoms with Gasteiger partial charge in [-0.2, -0.15) is 0 Å². The minimum atomic E-state index is -2.64. The lowest BCUT2D eigenvalue weighted by Crippen LogP contribution is -2.87. The smallest absolute Gasteiger partial charge is 0.179 e. The Bertz CT molecular complexity index is 425. The van der Waals surface area contributed by atoms with Crippen LogP contribution in [0.5, 0.6) is 0 Å². The van der Waals surface area contributed by atoms with Crippen molar-refractivity contribution in [2.45, 2.75) is 54.0 Å². The van der Waals surface area contributed by atoms with E-state index in [4.69, 9.17) is 26.0 Å². The third-order valence-corrected chi connectivity index (χ3v) is 4.78. The highest BCUT2D eigenvalue weighted by molar-refractivity contribution is 5.22. The average Bonchev–Trinajstić information content (AvgIpc) is 2.54. The van der Waals surface area contributed by atoms with Gasteiger partial charge in [0.15, 0.2) is 6.29 Å². The van der Waals surface area contributed by atoms with Crippen LogP contribution in [-0.2, 0) is 9.47 Å². The average molecular weight is 340 g/mol. The molecule has 2 heterocycles. The van der Waals surface area contributed by atoms with Crippen LogP contribution >= 0.6 is 0 Å². The maximum absolute atomic E-state index is 11.0. The van der Waals surface area contributed by atoms with Crippen LogP contribution in [-0.4, -0.2) is 110 Å². The van der Waals surface area contributed by atoms with Gasteiger partial charge in [0.2, 0.25) is 0 Å². The number of hydrogen-bond acceptors (Lipinski definition) is 11. The van der Waals surface area contributed by atoms with Crippen molar-refractivity contribution >= 4 is 0 Å². The van der Waals surface area contributed by atoms with Crippen molar-refractivity contribution in [1.82, 2.24) is 0 Å². The molecule has 2 rings (SSSR count). The molecule has 11 N–H and O–H groups in total. The van der Waals surface area contributed by atoms with Crippen molar-refractivity contribution in [3.05, 3.63) is 0 Å². The summed E-state index contributed by atoms with van der Waals surface area (Å²) in [5, 5.41) is 70.3. The Morgan fingerprint density at radius 1 is 1.04 bits per heavy atom. The van der Waals surface area contributed by atoms with E-state index in [1.807, 2.05) is 0 Å².